The first kappa shape index (κ1) is 28.0. The third-order valence-electron chi connectivity index (χ3n) is 7.79. The molecule has 1 N–H and O–H groups in total. The number of benzene rings is 3. The van der Waals surface area contributed by atoms with Crippen LogP contribution in [0.3, 0.4) is 0 Å². The van der Waals surface area contributed by atoms with Gasteiger partial charge in [0.25, 0.3) is 11.7 Å². The molecule has 41 heavy (non-hydrogen) atoms. The van der Waals surface area contributed by atoms with Gasteiger partial charge in [0.05, 0.1) is 24.5 Å². The van der Waals surface area contributed by atoms with E-state index in [-0.39, 0.29) is 24.6 Å². The second-order valence-electron chi connectivity index (χ2n) is 10.8. The Morgan fingerprint density at radius 2 is 1.59 bits per heavy atom. The van der Waals surface area contributed by atoms with Crippen molar-refractivity contribution in [3.8, 4) is 0 Å². The number of Topliss-reactive ketones (excluding diaryl/α,β-unsaturated/α-hetero) is 1. The quantitative estimate of drug-likeness (QED) is 0.426. The molecule has 0 saturated carbocycles. The molecule has 3 amide bonds. The molecule has 3 aromatic rings. The van der Waals surface area contributed by atoms with Gasteiger partial charge in [0.15, 0.2) is 0 Å². The molecule has 1 fully saturated rings. The highest BCUT2D eigenvalue weighted by Crippen LogP contribution is 2.30. The van der Waals surface area contributed by atoms with Gasteiger partial charge < -0.3 is 19.9 Å². The van der Waals surface area contributed by atoms with Crippen molar-refractivity contribution < 1.29 is 23.9 Å². The van der Waals surface area contributed by atoms with Crippen LogP contribution < -0.4 is 15.1 Å². The zero-order valence-corrected chi connectivity index (χ0v) is 23.6. The molecule has 9 heteroatoms. The minimum Gasteiger partial charge on any atom is -0.378 e. The average molecular weight is 555 g/mol. The fourth-order valence-electron chi connectivity index (χ4n) is 5.16. The molecule has 2 aliphatic heterocycles. The smallest absolute Gasteiger partial charge is 0.299 e. The Morgan fingerprint density at radius 1 is 0.927 bits per heavy atom. The Labute approximate surface area is 239 Å². The van der Waals surface area contributed by atoms with Crippen molar-refractivity contribution in [2.75, 3.05) is 48.0 Å². The van der Waals surface area contributed by atoms with Crippen LogP contribution in [0.1, 0.15) is 35.3 Å². The van der Waals surface area contributed by atoms with E-state index in [4.69, 9.17) is 4.74 Å². The molecule has 9 nitrogen and oxygen atoms in total. The summed E-state index contributed by atoms with van der Waals surface area (Å²) in [5, 5.41) is 2.96. The Hall–Kier alpha value is -4.50. The van der Waals surface area contributed by atoms with E-state index >= 15 is 0 Å². The molecule has 0 spiro atoms. The van der Waals surface area contributed by atoms with E-state index in [1.165, 1.54) is 9.80 Å². The lowest BCUT2D eigenvalue weighted by Gasteiger charge is -2.38. The molecule has 0 atom stereocenters. The van der Waals surface area contributed by atoms with Crippen molar-refractivity contribution in [1.29, 1.82) is 0 Å². The number of carbonyl (C=O) groups is 4. The Morgan fingerprint density at radius 3 is 2.29 bits per heavy atom. The molecule has 5 rings (SSSR count). The minimum absolute atomic E-state index is 0.152. The molecule has 2 heterocycles. The van der Waals surface area contributed by atoms with Crippen LogP contribution in [0.4, 0.5) is 17.1 Å². The lowest BCUT2D eigenvalue weighted by atomic mass is 9.98. The zero-order chi connectivity index (χ0) is 29.1. The molecule has 0 bridgehead atoms. The van der Waals surface area contributed by atoms with Gasteiger partial charge in [-0.1, -0.05) is 36.4 Å². The fraction of sp³-hybridized carbons (Fsp3) is 0.312. The van der Waals surface area contributed by atoms with Crippen LogP contribution in [0.25, 0.3) is 0 Å². The van der Waals surface area contributed by atoms with Gasteiger partial charge in [0, 0.05) is 31.0 Å². The molecule has 3 aromatic carbocycles. The molecule has 212 valence electrons. The molecule has 0 aliphatic carbocycles. The maximum Gasteiger partial charge on any atom is 0.299 e. The number of para-hydroxylation sites is 1. The van der Waals surface area contributed by atoms with E-state index in [0.29, 0.717) is 24.6 Å². The normalized spacial score (nSPS) is 15.1. The number of morpholine rings is 1. The van der Waals surface area contributed by atoms with Gasteiger partial charge in [-0.3, -0.25) is 24.1 Å². The number of carbonyl (C=O) groups excluding carboxylic acids is 4. The summed E-state index contributed by atoms with van der Waals surface area (Å²) < 4.78 is 5.43. The Kier molecular flexibility index (Phi) is 7.90. The first-order chi connectivity index (χ1) is 19.7. The molecule has 0 aromatic heterocycles. The van der Waals surface area contributed by atoms with Crippen LogP contribution in [-0.4, -0.2) is 66.8 Å². The Bertz CT molecular complexity index is 1480. The number of ketones is 1. The highest BCUT2D eigenvalue weighted by molar-refractivity contribution is 6.52. The summed E-state index contributed by atoms with van der Waals surface area (Å²) in [6, 6.07) is 21.9. The number of fused-ring (bicyclic) bond motifs is 1. The van der Waals surface area contributed by atoms with Crippen molar-refractivity contribution in [2.45, 2.75) is 32.9 Å². The van der Waals surface area contributed by atoms with Crippen molar-refractivity contribution >= 4 is 40.6 Å². The molecule has 0 unspecified atom stereocenters. The number of nitrogens with one attached hydrogen (secondary N) is 1. The highest BCUT2D eigenvalue weighted by atomic mass is 16.5. The van der Waals surface area contributed by atoms with Gasteiger partial charge in [-0.25, -0.2) is 0 Å². The van der Waals surface area contributed by atoms with Crippen molar-refractivity contribution in [3.05, 3.63) is 89.5 Å². The zero-order valence-electron chi connectivity index (χ0n) is 23.6. The number of ether oxygens (including phenoxy) is 1. The summed E-state index contributed by atoms with van der Waals surface area (Å²) in [6.45, 7) is 8.09. The second-order valence-corrected chi connectivity index (χ2v) is 10.8. The van der Waals surface area contributed by atoms with Crippen molar-refractivity contribution in [3.63, 3.8) is 0 Å². The summed E-state index contributed by atoms with van der Waals surface area (Å²) >= 11 is 0. The number of amides is 3. The van der Waals surface area contributed by atoms with Crippen LogP contribution in [0.5, 0.6) is 0 Å². The SMILES string of the molecule is Cc1ccccc1CN(C(=O)CN1C(=O)C(=O)c2ccccc21)C(C)(C)C(=O)Nc1ccc(N2CCOCC2)cc1. The van der Waals surface area contributed by atoms with Gasteiger partial charge in [0.2, 0.25) is 11.8 Å². The monoisotopic (exact) mass is 554 g/mol. The molecule has 1 saturated heterocycles. The summed E-state index contributed by atoms with van der Waals surface area (Å²) in [5.74, 6) is -2.22. The van der Waals surface area contributed by atoms with Crippen molar-refractivity contribution in [1.82, 2.24) is 4.90 Å². The first-order valence-electron chi connectivity index (χ1n) is 13.7. The van der Waals surface area contributed by atoms with E-state index in [2.05, 4.69) is 10.2 Å². The maximum absolute atomic E-state index is 13.9. The van der Waals surface area contributed by atoms with Crippen LogP contribution in [0.2, 0.25) is 0 Å². The molecular formula is C32H34N4O5. The van der Waals surface area contributed by atoms with E-state index < -0.39 is 23.1 Å². The maximum atomic E-state index is 13.9. The second kappa shape index (κ2) is 11.5. The molecular weight excluding hydrogens is 520 g/mol. The number of hydrogen-bond donors (Lipinski definition) is 1. The standard InChI is InChI=1S/C32H34N4O5/c1-22-8-4-5-9-23(22)20-36(28(37)21-35-27-11-7-6-10-26(27)29(38)30(35)39)32(2,3)31(40)33-24-12-14-25(15-13-24)34-16-18-41-19-17-34/h4-15H,16-21H2,1-3H3,(H,33,40). The summed E-state index contributed by atoms with van der Waals surface area (Å²) in [4.78, 5) is 57.9. The average Bonchev–Trinajstić information content (AvgIpc) is 3.22. The third-order valence-corrected chi connectivity index (χ3v) is 7.79. The number of hydrogen-bond acceptors (Lipinski definition) is 6. The minimum atomic E-state index is -1.30. The van der Waals surface area contributed by atoms with Gasteiger partial charge >= 0.3 is 0 Å². The summed E-state index contributed by atoms with van der Waals surface area (Å²) in [5.41, 5.74) is 2.88. The topological polar surface area (TPSA) is 99.3 Å². The Balaban J connectivity index is 1.38. The van der Waals surface area contributed by atoms with E-state index in [0.717, 1.165) is 29.9 Å². The van der Waals surface area contributed by atoms with E-state index in [1.54, 1.807) is 38.1 Å². The highest BCUT2D eigenvalue weighted by Gasteiger charge is 2.42. The van der Waals surface area contributed by atoms with Crippen LogP contribution in [0, 0.1) is 6.92 Å². The summed E-state index contributed by atoms with van der Waals surface area (Å²) in [6.07, 6.45) is 0. The van der Waals surface area contributed by atoms with Gasteiger partial charge in [-0.15, -0.1) is 0 Å². The van der Waals surface area contributed by atoms with E-state index in [1.807, 2.05) is 55.5 Å². The van der Waals surface area contributed by atoms with Crippen LogP contribution in [-0.2, 0) is 25.7 Å². The predicted molar refractivity (Wildman–Crippen MR) is 157 cm³/mol. The number of anilines is 3. The molecule has 0 radical (unpaired) electrons. The lowest BCUT2D eigenvalue weighted by molar-refractivity contribution is -0.143. The summed E-state index contributed by atoms with van der Waals surface area (Å²) in [7, 11) is 0. The largest absolute Gasteiger partial charge is 0.378 e. The predicted octanol–water partition coefficient (Wildman–Crippen LogP) is 3.81. The number of aryl methyl sites for hydroxylation is 1. The van der Waals surface area contributed by atoms with Gasteiger partial charge in [-0.05, 0) is 68.3 Å². The lowest BCUT2D eigenvalue weighted by Crippen LogP contribution is -2.57. The van der Waals surface area contributed by atoms with Gasteiger partial charge in [-0.2, -0.15) is 0 Å². The third kappa shape index (κ3) is 5.71. The van der Waals surface area contributed by atoms with Crippen LogP contribution >= 0.6 is 0 Å². The van der Waals surface area contributed by atoms with E-state index in [9.17, 15) is 19.2 Å². The first-order valence-corrected chi connectivity index (χ1v) is 13.7. The number of nitrogens with zero attached hydrogens (tertiary/aromatic N) is 3. The fourth-order valence-corrected chi connectivity index (χ4v) is 5.16. The molecule has 2 aliphatic rings. The van der Waals surface area contributed by atoms with Gasteiger partial charge in [0.1, 0.15) is 12.1 Å². The van der Waals surface area contributed by atoms with Crippen molar-refractivity contribution in [2.24, 2.45) is 0 Å². The number of rotatable bonds is 8. The van der Waals surface area contributed by atoms with Crippen LogP contribution in [0.15, 0.2) is 72.8 Å².